The summed E-state index contributed by atoms with van der Waals surface area (Å²) in [5.41, 5.74) is -0.0156. The lowest BCUT2D eigenvalue weighted by Gasteiger charge is -2.34. The molecular formula is C18H21F3N4O3. The first-order valence-electron chi connectivity index (χ1n) is 9.13. The molecule has 10 heteroatoms. The summed E-state index contributed by atoms with van der Waals surface area (Å²) in [5.74, 6) is 0.152. The number of hydrogen-bond donors (Lipinski definition) is 1. The van der Waals surface area contributed by atoms with E-state index < -0.39 is 24.2 Å². The number of carbonyl (C=O) groups excluding carboxylic acids is 1. The largest absolute Gasteiger partial charge is 0.467 e. The molecule has 0 saturated carbocycles. The third-order valence-corrected chi connectivity index (χ3v) is 5.00. The van der Waals surface area contributed by atoms with Crippen LogP contribution in [0.3, 0.4) is 0 Å². The second kappa shape index (κ2) is 6.84. The first-order valence-corrected chi connectivity index (χ1v) is 9.13. The van der Waals surface area contributed by atoms with E-state index in [1.165, 1.54) is 12.3 Å². The molecule has 4 heterocycles. The van der Waals surface area contributed by atoms with Crippen LogP contribution in [0.1, 0.15) is 48.6 Å². The molecular weight excluding hydrogens is 377 g/mol. The van der Waals surface area contributed by atoms with E-state index in [0.29, 0.717) is 18.8 Å². The van der Waals surface area contributed by atoms with Gasteiger partial charge in [-0.05, 0) is 26.0 Å². The van der Waals surface area contributed by atoms with Crippen molar-refractivity contribution in [1.29, 1.82) is 0 Å². The van der Waals surface area contributed by atoms with Crippen molar-refractivity contribution < 1.29 is 27.1 Å². The summed E-state index contributed by atoms with van der Waals surface area (Å²) in [5, 5.41) is 7.02. The van der Waals surface area contributed by atoms with Crippen LogP contribution in [0.2, 0.25) is 0 Å². The normalized spacial score (nSPS) is 28.0. The van der Waals surface area contributed by atoms with Crippen LogP contribution in [0.15, 0.2) is 28.9 Å². The van der Waals surface area contributed by atoms with Gasteiger partial charge in [-0.25, -0.2) is 4.68 Å². The predicted octanol–water partition coefficient (Wildman–Crippen LogP) is 3.39. The quantitative estimate of drug-likeness (QED) is 0.840. The van der Waals surface area contributed by atoms with Gasteiger partial charge in [0.25, 0.3) is 5.91 Å². The third-order valence-electron chi connectivity index (χ3n) is 5.00. The van der Waals surface area contributed by atoms with Gasteiger partial charge in [-0.1, -0.05) is 0 Å². The number of nitrogens with one attached hydrogen (secondary N) is 1. The zero-order valence-electron chi connectivity index (χ0n) is 15.4. The van der Waals surface area contributed by atoms with Crippen LogP contribution >= 0.6 is 0 Å². The number of hydrogen-bond acceptors (Lipinski definition) is 5. The Morgan fingerprint density at radius 3 is 2.61 bits per heavy atom. The number of furan rings is 1. The van der Waals surface area contributed by atoms with E-state index in [4.69, 9.17) is 9.15 Å². The standard InChI is InChI=1S/C18H21F3N4O3/c1-10-8-24(9-11(2)28-10)17(26)13-7-16-22-12(14-4-3-5-27-14)6-15(18(19,20)21)25(16)23-13/h3-5,7,10-12,15,22H,6,8-9H2,1-2H3/t10-,11+,12-,15+/m1/s1. The van der Waals surface area contributed by atoms with Crippen LogP contribution in [0, 0.1) is 0 Å². The van der Waals surface area contributed by atoms with Crippen LogP contribution in [-0.4, -0.2) is 52.1 Å². The number of alkyl halides is 3. The summed E-state index contributed by atoms with van der Waals surface area (Å²) in [6, 6.07) is 2.13. The highest BCUT2D eigenvalue weighted by Gasteiger charge is 2.47. The average Bonchev–Trinajstić information content (AvgIpc) is 3.27. The van der Waals surface area contributed by atoms with Gasteiger partial charge < -0.3 is 19.4 Å². The lowest BCUT2D eigenvalue weighted by atomic mass is 10.0. The van der Waals surface area contributed by atoms with Crippen LogP contribution < -0.4 is 5.32 Å². The molecule has 28 heavy (non-hydrogen) atoms. The van der Waals surface area contributed by atoms with Gasteiger partial charge in [-0.3, -0.25) is 4.79 Å². The average molecular weight is 398 g/mol. The second-order valence-electron chi connectivity index (χ2n) is 7.33. The summed E-state index contributed by atoms with van der Waals surface area (Å²) in [6.07, 6.45) is -3.65. The van der Waals surface area contributed by atoms with E-state index in [9.17, 15) is 18.0 Å². The third kappa shape index (κ3) is 3.48. The van der Waals surface area contributed by atoms with E-state index in [1.807, 2.05) is 13.8 Å². The van der Waals surface area contributed by atoms with Gasteiger partial charge in [0.05, 0.1) is 24.5 Å². The monoisotopic (exact) mass is 398 g/mol. The Bertz CT molecular complexity index is 839. The number of halogens is 3. The fourth-order valence-corrected chi connectivity index (χ4v) is 3.86. The number of carbonyl (C=O) groups is 1. The summed E-state index contributed by atoms with van der Waals surface area (Å²) in [4.78, 5) is 14.4. The molecule has 0 radical (unpaired) electrons. The maximum absolute atomic E-state index is 13.7. The summed E-state index contributed by atoms with van der Waals surface area (Å²) in [6.45, 7) is 4.44. The van der Waals surface area contributed by atoms with Gasteiger partial charge >= 0.3 is 6.18 Å². The van der Waals surface area contributed by atoms with E-state index >= 15 is 0 Å². The maximum Gasteiger partial charge on any atom is 0.410 e. The minimum Gasteiger partial charge on any atom is -0.467 e. The van der Waals surface area contributed by atoms with Crippen LogP contribution in [0.4, 0.5) is 19.0 Å². The summed E-state index contributed by atoms with van der Waals surface area (Å²) >= 11 is 0. The molecule has 0 aliphatic carbocycles. The van der Waals surface area contributed by atoms with E-state index in [2.05, 4.69) is 10.4 Å². The molecule has 152 valence electrons. The Morgan fingerprint density at radius 2 is 2.00 bits per heavy atom. The minimum absolute atomic E-state index is 0.0156. The Labute approximate surface area is 159 Å². The van der Waals surface area contributed by atoms with Gasteiger partial charge in [-0.15, -0.1) is 0 Å². The van der Waals surface area contributed by atoms with Gasteiger partial charge in [0.2, 0.25) is 0 Å². The molecule has 2 aromatic heterocycles. The van der Waals surface area contributed by atoms with Crippen LogP contribution in [0.5, 0.6) is 0 Å². The van der Waals surface area contributed by atoms with Gasteiger partial charge in [0.15, 0.2) is 11.7 Å². The molecule has 4 atom stereocenters. The number of morpholine rings is 1. The van der Waals surface area contributed by atoms with E-state index in [1.54, 1.807) is 17.0 Å². The first-order chi connectivity index (χ1) is 13.2. The van der Waals surface area contributed by atoms with Gasteiger partial charge in [-0.2, -0.15) is 18.3 Å². The van der Waals surface area contributed by atoms with Gasteiger partial charge in [0.1, 0.15) is 11.6 Å². The van der Waals surface area contributed by atoms with Crippen molar-refractivity contribution in [3.05, 3.63) is 35.9 Å². The number of ether oxygens (including phenoxy) is 1. The molecule has 1 fully saturated rings. The highest BCUT2D eigenvalue weighted by atomic mass is 19.4. The molecule has 4 rings (SSSR count). The van der Waals surface area contributed by atoms with Crippen molar-refractivity contribution in [1.82, 2.24) is 14.7 Å². The molecule has 1 amide bonds. The molecule has 0 bridgehead atoms. The molecule has 1 saturated heterocycles. The van der Waals surface area contributed by atoms with Crippen molar-refractivity contribution in [3.63, 3.8) is 0 Å². The highest BCUT2D eigenvalue weighted by molar-refractivity contribution is 5.93. The number of nitrogens with zero attached hydrogens (tertiary/aromatic N) is 3. The lowest BCUT2D eigenvalue weighted by Crippen LogP contribution is -2.48. The van der Waals surface area contributed by atoms with Crippen molar-refractivity contribution in [2.24, 2.45) is 0 Å². The Morgan fingerprint density at radius 1 is 1.29 bits per heavy atom. The van der Waals surface area contributed by atoms with Crippen molar-refractivity contribution >= 4 is 11.7 Å². The molecule has 2 aliphatic heterocycles. The minimum atomic E-state index is -4.50. The van der Waals surface area contributed by atoms with Crippen molar-refractivity contribution in [2.75, 3.05) is 18.4 Å². The number of fused-ring (bicyclic) bond motifs is 1. The topological polar surface area (TPSA) is 72.5 Å². The summed E-state index contributed by atoms with van der Waals surface area (Å²) < 4.78 is 52.8. The molecule has 0 unspecified atom stereocenters. The number of anilines is 1. The zero-order chi connectivity index (χ0) is 20.1. The van der Waals surface area contributed by atoms with Crippen molar-refractivity contribution in [2.45, 2.75) is 50.7 Å². The molecule has 2 aromatic rings. The van der Waals surface area contributed by atoms with Crippen LogP contribution in [-0.2, 0) is 4.74 Å². The molecule has 2 aliphatic rings. The Hall–Kier alpha value is -2.49. The maximum atomic E-state index is 13.7. The fraction of sp³-hybridized carbons (Fsp3) is 0.556. The molecule has 7 nitrogen and oxygen atoms in total. The molecule has 1 N–H and O–H groups in total. The van der Waals surface area contributed by atoms with Gasteiger partial charge in [0, 0.05) is 25.6 Å². The smallest absolute Gasteiger partial charge is 0.410 e. The van der Waals surface area contributed by atoms with Crippen molar-refractivity contribution in [3.8, 4) is 0 Å². The fourth-order valence-electron chi connectivity index (χ4n) is 3.86. The first kappa shape index (κ1) is 18.9. The second-order valence-corrected chi connectivity index (χ2v) is 7.33. The number of rotatable bonds is 2. The molecule has 0 spiro atoms. The summed E-state index contributed by atoms with van der Waals surface area (Å²) in [7, 11) is 0. The molecule has 0 aromatic carbocycles. The zero-order valence-corrected chi connectivity index (χ0v) is 15.4. The number of amides is 1. The lowest BCUT2D eigenvalue weighted by molar-refractivity contribution is -0.174. The SMILES string of the molecule is C[C@@H]1CN(C(=O)c2cc3n(n2)[C@H](C(F)(F)F)C[C@H](c2ccco2)N3)C[C@H](C)O1. The predicted molar refractivity (Wildman–Crippen MR) is 92.9 cm³/mol. The Balaban J connectivity index is 1.64. The van der Waals surface area contributed by atoms with Crippen LogP contribution in [0.25, 0.3) is 0 Å². The van der Waals surface area contributed by atoms with E-state index in [-0.39, 0.29) is 30.1 Å². The highest BCUT2D eigenvalue weighted by Crippen LogP contribution is 2.43. The van der Waals surface area contributed by atoms with E-state index in [0.717, 1.165) is 4.68 Å². The Kier molecular flexibility index (Phi) is 4.60. The number of aromatic nitrogens is 2.